The molecule has 14 heavy (non-hydrogen) atoms. The second-order valence-electron chi connectivity index (χ2n) is 2.50. The Labute approximate surface area is 77.7 Å². The molecule has 0 heterocycles. The van der Waals surface area contributed by atoms with Crippen molar-refractivity contribution in [3.05, 3.63) is 23.3 Å². The van der Waals surface area contributed by atoms with Gasteiger partial charge >= 0.3 is 11.9 Å². The van der Waals surface area contributed by atoms with Gasteiger partial charge in [0.2, 0.25) is 0 Å². The number of aromatic hydroxyl groups is 2. The minimum absolute atomic E-state index is 0.405. The van der Waals surface area contributed by atoms with Crippen LogP contribution in [0.2, 0.25) is 0 Å². The highest BCUT2D eigenvalue weighted by Gasteiger charge is 2.17. The minimum Gasteiger partial charge on any atom is -0.504 e. The summed E-state index contributed by atoms with van der Waals surface area (Å²) >= 11 is 0. The fourth-order valence-electron chi connectivity index (χ4n) is 0.906. The summed E-state index contributed by atoms with van der Waals surface area (Å²) in [5, 5.41) is 35.1. The molecule has 0 aliphatic carbocycles. The fourth-order valence-corrected chi connectivity index (χ4v) is 0.906. The SMILES string of the molecule is O=C(O)c1cc(O)c(O)c(C(=O)O)c1. The van der Waals surface area contributed by atoms with Crippen LogP contribution in [-0.2, 0) is 0 Å². The lowest BCUT2D eigenvalue weighted by molar-refractivity contribution is 0.0693. The van der Waals surface area contributed by atoms with Gasteiger partial charge in [0.05, 0.1) is 5.56 Å². The predicted molar refractivity (Wildman–Crippen MR) is 43.7 cm³/mol. The van der Waals surface area contributed by atoms with Crippen LogP contribution in [0.3, 0.4) is 0 Å². The van der Waals surface area contributed by atoms with E-state index in [9.17, 15) is 9.59 Å². The number of aromatic carboxylic acids is 2. The molecule has 0 saturated carbocycles. The van der Waals surface area contributed by atoms with Crippen LogP contribution < -0.4 is 0 Å². The molecular formula is C8H6O6. The van der Waals surface area contributed by atoms with E-state index in [1.807, 2.05) is 0 Å². The summed E-state index contributed by atoms with van der Waals surface area (Å²) in [6.45, 7) is 0. The molecule has 0 fully saturated rings. The van der Waals surface area contributed by atoms with Gasteiger partial charge in [-0.1, -0.05) is 0 Å². The van der Waals surface area contributed by atoms with E-state index in [1.165, 1.54) is 0 Å². The van der Waals surface area contributed by atoms with Crippen molar-refractivity contribution < 1.29 is 30.0 Å². The highest BCUT2D eigenvalue weighted by atomic mass is 16.4. The quantitative estimate of drug-likeness (QED) is 0.514. The first-order chi connectivity index (χ1) is 6.43. The molecule has 1 aromatic carbocycles. The number of carboxylic acid groups (broad SMARTS) is 2. The zero-order valence-electron chi connectivity index (χ0n) is 6.76. The van der Waals surface area contributed by atoms with Crippen LogP contribution in [-0.4, -0.2) is 32.4 Å². The van der Waals surface area contributed by atoms with Crippen molar-refractivity contribution in [3.63, 3.8) is 0 Å². The topological polar surface area (TPSA) is 115 Å². The van der Waals surface area contributed by atoms with Gasteiger partial charge in [-0.25, -0.2) is 9.59 Å². The van der Waals surface area contributed by atoms with Gasteiger partial charge in [-0.05, 0) is 12.1 Å². The van der Waals surface area contributed by atoms with Crippen molar-refractivity contribution in [2.24, 2.45) is 0 Å². The first-order valence-corrected chi connectivity index (χ1v) is 3.46. The van der Waals surface area contributed by atoms with E-state index in [0.717, 1.165) is 12.1 Å². The average Bonchev–Trinajstić information content (AvgIpc) is 2.08. The molecule has 0 aromatic heterocycles. The van der Waals surface area contributed by atoms with E-state index >= 15 is 0 Å². The third-order valence-electron chi connectivity index (χ3n) is 1.57. The van der Waals surface area contributed by atoms with Crippen molar-refractivity contribution in [2.45, 2.75) is 0 Å². The number of benzene rings is 1. The summed E-state index contributed by atoms with van der Waals surface area (Å²) in [5.41, 5.74) is -1.06. The number of phenols is 2. The molecule has 0 aliphatic heterocycles. The maximum absolute atomic E-state index is 10.5. The van der Waals surface area contributed by atoms with Crippen LogP contribution in [0.15, 0.2) is 12.1 Å². The Kier molecular flexibility index (Phi) is 2.29. The molecule has 0 radical (unpaired) electrons. The van der Waals surface area contributed by atoms with E-state index < -0.39 is 34.6 Å². The molecule has 0 atom stereocenters. The lowest BCUT2D eigenvalue weighted by Crippen LogP contribution is -2.02. The highest BCUT2D eigenvalue weighted by Crippen LogP contribution is 2.30. The van der Waals surface area contributed by atoms with Crippen molar-refractivity contribution in [3.8, 4) is 11.5 Å². The maximum atomic E-state index is 10.5. The van der Waals surface area contributed by atoms with Crippen molar-refractivity contribution in [2.75, 3.05) is 0 Å². The Hall–Kier alpha value is -2.24. The van der Waals surface area contributed by atoms with E-state index in [1.54, 1.807) is 0 Å². The Balaban J connectivity index is 3.43. The summed E-state index contributed by atoms with van der Waals surface area (Å²) in [4.78, 5) is 20.9. The van der Waals surface area contributed by atoms with Gasteiger partial charge in [-0.15, -0.1) is 0 Å². The zero-order valence-corrected chi connectivity index (χ0v) is 6.76. The van der Waals surface area contributed by atoms with Gasteiger partial charge in [-0.3, -0.25) is 0 Å². The molecule has 6 heteroatoms. The fraction of sp³-hybridized carbons (Fsp3) is 0. The molecular weight excluding hydrogens is 192 g/mol. The lowest BCUT2D eigenvalue weighted by Gasteiger charge is -2.03. The van der Waals surface area contributed by atoms with Crippen molar-refractivity contribution >= 4 is 11.9 Å². The summed E-state index contributed by atoms with van der Waals surface area (Å²) in [6, 6.07) is 1.53. The van der Waals surface area contributed by atoms with Crippen LogP contribution in [0, 0.1) is 0 Å². The summed E-state index contributed by atoms with van der Waals surface area (Å²) in [6.07, 6.45) is 0. The number of carboxylic acids is 2. The van der Waals surface area contributed by atoms with E-state index in [4.69, 9.17) is 20.4 Å². The third kappa shape index (κ3) is 1.58. The molecule has 0 saturated heterocycles. The van der Waals surface area contributed by atoms with Gasteiger partial charge < -0.3 is 20.4 Å². The second kappa shape index (κ2) is 3.25. The lowest BCUT2D eigenvalue weighted by atomic mass is 10.1. The Bertz CT molecular complexity index is 409. The number of hydrogen-bond donors (Lipinski definition) is 4. The maximum Gasteiger partial charge on any atom is 0.339 e. The van der Waals surface area contributed by atoms with Crippen LogP contribution in [0.25, 0.3) is 0 Å². The molecule has 0 spiro atoms. The molecule has 0 aliphatic rings. The van der Waals surface area contributed by atoms with Gasteiger partial charge in [-0.2, -0.15) is 0 Å². The summed E-state index contributed by atoms with van der Waals surface area (Å²) in [5.74, 6) is -4.52. The van der Waals surface area contributed by atoms with Gasteiger partial charge in [0.15, 0.2) is 11.5 Å². The van der Waals surface area contributed by atoms with E-state index in [-0.39, 0.29) is 0 Å². The number of phenolic OH excluding ortho intramolecular Hbond substituents is 1. The molecule has 1 rings (SSSR count). The molecule has 4 N–H and O–H groups in total. The summed E-state index contributed by atoms with van der Waals surface area (Å²) in [7, 11) is 0. The van der Waals surface area contributed by atoms with Crippen molar-refractivity contribution in [1.82, 2.24) is 0 Å². The largest absolute Gasteiger partial charge is 0.504 e. The minimum atomic E-state index is -1.51. The second-order valence-corrected chi connectivity index (χ2v) is 2.50. The number of carbonyl (C=O) groups is 2. The molecule has 6 nitrogen and oxygen atoms in total. The third-order valence-corrected chi connectivity index (χ3v) is 1.57. The zero-order chi connectivity index (χ0) is 10.9. The van der Waals surface area contributed by atoms with Gasteiger partial charge in [0.1, 0.15) is 5.56 Å². The Morgan fingerprint density at radius 2 is 1.57 bits per heavy atom. The van der Waals surface area contributed by atoms with Gasteiger partial charge in [0, 0.05) is 0 Å². The van der Waals surface area contributed by atoms with Gasteiger partial charge in [0.25, 0.3) is 0 Å². The standard InChI is InChI=1S/C8H6O6/c9-5-2-3(7(11)12)1-4(6(5)10)8(13)14/h1-2,9-10H,(H,11,12)(H,13,14). The van der Waals surface area contributed by atoms with Crippen LogP contribution in [0.1, 0.15) is 20.7 Å². The average molecular weight is 198 g/mol. The first-order valence-electron chi connectivity index (χ1n) is 3.46. The van der Waals surface area contributed by atoms with Crippen LogP contribution in [0.4, 0.5) is 0 Å². The number of rotatable bonds is 2. The molecule has 0 amide bonds. The van der Waals surface area contributed by atoms with E-state index in [2.05, 4.69) is 0 Å². The molecule has 0 bridgehead atoms. The Morgan fingerprint density at radius 1 is 1.00 bits per heavy atom. The number of hydrogen-bond acceptors (Lipinski definition) is 4. The summed E-state index contributed by atoms with van der Waals surface area (Å²) < 4.78 is 0. The molecule has 0 unspecified atom stereocenters. The first kappa shape index (κ1) is 9.85. The predicted octanol–water partition coefficient (Wildman–Crippen LogP) is 0.494. The molecule has 74 valence electrons. The monoisotopic (exact) mass is 198 g/mol. The van der Waals surface area contributed by atoms with Crippen LogP contribution >= 0.6 is 0 Å². The normalized spacial score (nSPS) is 9.71. The van der Waals surface area contributed by atoms with E-state index in [0.29, 0.717) is 0 Å². The smallest absolute Gasteiger partial charge is 0.339 e. The molecule has 1 aromatic rings. The highest BCUT2D eigenvalue weighted by molar-refractivity contribution is 5.97. The van der Waals surface area contributed by atoms with Crippen molar-refractivity contribution in [1.29, 1.82) is 0 Å². The van der Waals surface area contributed by atoms with Crippen LogP contribution in [0.5, 0.6) is 11.5 Å². The Morgan fingerprint density at radius 3 is 2.00 bits per heavy atom.